The second kappa shape index (κ2) is 9.02. The van der Waals surface area contributed by atoms with E-state index >= 15 is 0 Å². The Balaban J connectivity index is 1.44. The zero-order valence-corrected chi connectivity index (χ0v) is 16.3. The van der Waals surface area contributed by atoms with Crippen LogP contribution in [0.3, 0.4) is 0 Å². The van der Waals surface area contributed by atoms with Gasteiger partial charge in [0.25, 0.3) is 5.91 Å². The largest absolute Gasteiger partial charge is 0.343 e. The Hall–Kier alpha value is -2.37. The van der Waals surface area contributed by atoms with E-state index in [4.69, 9.17) is 11.6 Å². The van der Waals surface area contributed by atoms with E-state index in [9.17, 15) is 9.59 Å². The van der Waals surface area contributed by atoms with Crippen molar-refractivity contribution in [3.8, 4) is 0 Å². The number of hydrogen-bond acceptors (Lipinski definition) is 2. The monoisotopic (exact) mass is 386 g/mol. The summed E-state index contributed by atoms with van der Waals surface area (Å²) in [6.45, 7) is 6.43. The van der Waals surface area contributed by atoms with E-state index in [1.165, 1.54) is 16.0 Å². The highest BCUT2D eigenvalue weighted by Gasteiger charge is 2.24. The fraction of sp³-hybridized carbons (Fsp3) is 0.333. The van der Waals surface area contributed by atoms with Crippen molar-refractivity contribution in [2.75, 3.05) is 32.7 Å². The van der Waals surface area contributed by atoms with Crippen LogP contribution in [0, 0.1) is 6.92 Å². The summed E-state index contributed by atoms with van der Waals surface area (Å²) in [7, 11) is 0. The van der Waals surface area contributed by atoms with Crippen LogP contribution in [0.2, 0.25) is 5.02 Å². The highest BCUT2D eigenvalue weighted by molar-refractivity contribution is 6.30. The number of hydrogen-bond donors (Lipinski definition) is 2. The van der Waals surface area contributed by atoms with E-state index in [0.29, 0.717) is 10.6 Å². The Bertz CT molecular complexity index is 799. The molecule has 27 heavy (non-hydrogen) atoms. The minimum absolute atomic E-state index is 0.0224. The Morgan fingerprint density at radius 3 is 2.41 bits per heavy atom. The van der Waals surface area contributed by atoms with Gasteiger partial charge in [-0.15, -0.1) is 0 Å². The minimum atomic E-state index is -0.260. The molecule has 0 aliphatic carbocycles. The summed E-state index contributed by atoms with van der Waals surface area (Å²) < 4.78 is 0. The molecule has 0 radical (unpaired) electrons. The summed E-state index contributed by atoms with van der Waals surface area (Å²) in [5.41, 5.74) is 3.18. The van der Waals surface area contributed by atoms with E-state index in [1.807, 2.05) is 4.90 Å². The van der Waals surface area contributed by atoms with Gasteiger partial charge in [0.15, 0.2) is 0 Å². The van der Waals surface area contributed by atoms with E-state index in [1.54, 1.807) is 24.3 Å². The topological polar surface area (TPSA) is 53.9 Å². The number of nitrogens with one attached hydrogen (secondary N) is 2. The maximum absolute atomic E-state index is 12.4. The molecule has 0 aromatic heterocycles. The molecule has 1 heterocycles. The second-order valence-corrected chi connectivity index (χ2v) is 7.36. The lowest BCUT2D eigenvalue weighted by Gasteiger charge is -2.32. The smallest absolute Gasteiger partial charge is 0.251 e. The molecular formula is C21H25ClN3O2+. The Kier molecular flexibility index (Phi) is 6.48. The third-order valence-corrected chi connectivity index (χ3v) is 5.28. The fourth-order valence-electron chi connectivity index (χ4n) is 3.30. The quantitative estimate of drug-likeness (QED) is 0.814. The average molecular weight is 387 g/mol. The number of nitrogens with zero attached hydrogens (tertiary/aromatic N) is 1. The molecule has 1 aliphatic heterocycles. The second-order valence-electron chi connectivity index (χ2n) is 6.92. The third-order valence-electron chi connectivity index (χ3n) is 5.03. The lowest BCUT2D eigenvalue weighted by Crippen LogP contribution is -3.13. The van der Waals surface area contributed by atoms with Crippen LogP contribution in [0.15, 0.2) is 48.5 Å². The molecule has 2 aromatic carbocycles. The lowest BCUT2D eigenvalue weighted by atomic mass is 10.1. The maximum atomic E-state index is 12.4. The molecule has 6 heteroatoms. The van der Waals surface area contributed by atoms with E-state index < -0.39 is 0 Å². The number of piperazine rings is 1. The van der Waals surface area contributed by atoms with Crippen molar-refractivity contribution in [2.24, 2.45) is 0 Å². The molecule has 0 unspecified atom stereocenters. The zero-order valence-electron chi connectivity index (χ0n) is 15.5. The summed E-state index contributed by atoms with van der Waals surface area (Å²) >= 11 is 5.82. The number of aryl methyl sites for hydroxylation is 1. The molecular weight excluding hydrogens is 362 g/mol. The van der Waals surface area contributed by atoms with Gasteiger partial charge in [-0.25, -0.2) is 0 Å². The van der Waals surface area contributed by atoms with Gasteiger partial charge in [0.2, 0.25) is 5.91 Å². The molecule has 5 nitrogen and oxygen atoms in total. The van der Waals surface area contributed by atoms with Gasteiger partial charge in [-0.3, -0.25) is 9.59 Å². The van der Waals surface area contributed by atoms with Gasteiger partial charge in [0.05, 0.1) is 32.7 Å². The molecule has 1 aliphatic rings. The van der Waals surface area contributed by atoms with Gasteiger partial charge < -0.3 is 15.1 Å². The van der Waals surface area contributed by atoms with Crippen LogP contribution in [-0.2, 0) is 11.3 Å². The van der Waals surface area contributed by atoms with Crippen molar-refractivity contribution in [2.45, 2.75) is 13.5 Å². The molecule has 142 valence electrons. The highest BCUT2D eigenvalue weighted by atomic mass is 35.5. The molecule has 1 fully saturated rings. The molecule has 0 atom stereocenters. The number of carbonyl (C=O) groups is 2. The summed E-state index contributed by atoms with van der Waals surface area (Å²) in [6, 6.07) is 15.1. The Morgan fingerprint density at radius 2 is 1.74 bits per heavy atom. The van der Waals surface area contributed by atoms with Crippen molar-refractivity contribution in [1.29, 1.82) is 0 Å². The first-order valence-electron chi connectivity index (χ1n) is 9.22. The number of carbonyl (C=O) groups excluding carboxylic acids is 2. The van der Waals surface area contributed by atoms with Crippen molar-refractivity contribution in [3.05, 3.63) is 70.2 Å². The van der Waals surface area contributed by atoms with Gasteiger partial charge in [-0.05, 0) is 36.8 Å². The first-order valence-corrected chi connectivity index (χ1v) is 9.60. The van der Waals surface area contributed by atoms with Gasteiger partial charge in [-0.1, -0.05) is 35.9 Å². The van der Waals surface area contributed by atoms with Crippen LogP contribution in [0.5, 0.6) is 0 Å². The minimum Gasteiger partial charge on any atom is -0.343 e. The van der Waals surface area contributed by atoms with Crippen molar-refractivity contribution in [3.63, 3.8) is 0 Å². The number of quaternary nitrogens is 1. The summed E-state index contributed by atoms with van der Waals surface area (Å²) in [6.07, 6.45) is 0. The predicted octanol–water partition coefficient (Wildman–Crippen LogP) is 1.31. The summed E-state index contributed by atoms with van der Waals surface area (Å²) in [5.74, 6) is -0.295. The van der Waals surface area contributed by atoms with Gasteiger partial charge in [0.1, 0.15) is 6.54 Å². The van der Waals surface area contributed by atoms with E-state index in [0.717, 1.165) is 32.7 Å². The van der Waals surface area contributed by atoms with Crippen LogP contribution in [0.25, 0.3) is 0 Å². The molecule has 3 rings (SSSR count). The van der Waals surface area contributed by atoms with Crippen LogP contribution in [-0.4, -0.2) is 49.4 Å². The molecule has 2 N–H and O–H groups in total. The van der Waals surface area contributed by atoms with Crippen LogP contribution < -0.4 is 10.2 Å². The SMILES string of the molecule is Cc1ccccc1C[NH+]1CCN(C(=O)CNC(=O)c2ccc(Cl)cc2)CC1. The van der Waals surface area contributed by atoms with Gasteiger partial charge in [-0.2, -0.15) is 0 Å². The lowest BCUT2D eigenvalue weighted by molar-refractivity contribution is -0.917. The molecule has 0 spiro atoms. The first kappa shape index (κ1) is 19.4. The fourth-order valence-corrected chi connectivity index (χ4v) is 3.42. The number of halogens is 1. The van der Waals surface area contributed by atoms with Crippen molar-refractivity contribution < 1.29 is 14.5 Å². The number of benzene rings is 2. The van der Waals surface area contributed by atoms with Gasteiger partial charge >= 0.3 is 0 Å². The Morgan fingerprint density at radius 1 is 1.07 bits per heavy atom. The van der Waals surface area contributed by atoms with Crippen LogP contribution in [0.4, 0.5) is 0 Å². The Labute approximate surface area is 164 Å². The third kappa shape index (κ3) is 5.31. The maximum Gasteiger partial charge on any atom is 0.251 e. The standard InChI is InChI=1S/C21H24ClN3O2/c1-16-4-2-3-5-18(16)15-24-10-12-25(13-11-24)20(26)14-23-21(27)17-6-8-19(22)9-7-17/h2-9H,10-15H2,1H3,(H,23,27)/p+1. The molecule has 0 bridgehead atoms. The zero-order chi connectivity index (χ0) is 19.2. The number of amides is 2. The van der Waals surface area contributed by atoms with E-state index in [-0.39, 0.29) is 18.4 Å². The normalized spacial score (nSPS) is 14.8. The van der Waals surface area contributed by atoms with E-state index in [2.05, 4.69) is 36.5 Å². The molecule has 2 aromatic rings. The predicted molar refractivity (Wildman–Crippen MR) is 106 cm³/mol. The molecule has 2 amide bonds. The van der Waals surface area contributed by atoms with Crippen molar-refractivity contribution in [1.82, 2.24) is 10.2 Å². The molecule has 0 saturated carbocycles. The summed E-state index contributed by atoms with van der Waals surface area (Å²) in [5, 5.41) is 3.27. The van der Waals surface area contributed by atoms with Crippen molar-refractivity contribution >= 4 is 23.4 Å². The average Bonchev–Trinajstić information content (AvgIpc) is 2.69. The van der Waals surface area contributed by atoms with Crippen LogP contribution >= 0.6 is 11.6 Å². The highest BCUT2D eigenvalue weighted by Crippen LogP contribution is 2.09. The molecule has 1 saturated heterocycles. The summed E-state index contributed by atoms with van der Waals surface area (Å²) in [4.78, 5) is 27.8. The first-order chi connectivity index (χ1) is 13.0. The number of rotatable bonds is 5. The van der Waals surface area contributed by atoms with Crippen LogP contribution in [0.1, 0.15) is 21.5 Å². The van der Waals surface area contributed by atoms with Gasteiger partial charge in [0, 0.05) is 16.1 Å².